The van der Waals surface area contributed by atoms with E-state index < -0.39 is 0 Å². The fraction of sp³-hybridized carbons (Fsp3) is 0.517. The van der Waals surface area contributed by atoms with E-state index in [0.717, 1.165) is 30.6 Å². The second kappa shape index (κ2) is 12.6. The zero-order valence-electron chi connectivity index (χ0n) is 23.6. The molecule has 0 bridgehead atoms. The molecular formula is C29H38N4O4S2. The average molecular weight is 571 g/mol. The van der Waals surface area contributed by atoms with Crippen molar-refractivity contribution in [3.8, 4) is 5.75 Å². The standard InChI is InChI=1S/C29H38N4O4S2/c1-7-33-23(16-37-20-12-10-19(11-13-20)29(4,5)6)31-32-28(33)38-17-24(34)30-26-25(27(35)36-8-2)21-14-9-18(3)15-22(21)39-26/h10-13,18H,7-9,14-17H2,1-6H3,(H,30,34). The third kappa shape index (κ3) is 7.03. The predicted molar refractivity (Wildman–Crippen MR) is 156 cm³/mol. The van der Waals surface area contributed by atoms with Crippen LogP contribution in [-0.2, 0) is 40.9 Å². The maximum absolute atomic E-state index is 13.0. The van der Waals surface area contributed by atoms with E-state index in [4.69, 9.17) is 9.47 Å². The number of hydrogen-bond acceptors (Lipinski definition) is 8. The number of amides is 1. The van der Waals surface area contributed by atoms with E-state index >= 15 is 0 Å². The van der Waals surface area contributed by atoms with Crippen LogP contribution in [0.2, 0.25) is 0 Å². The Labute approximate surface area is 238 Å². The van der Waals surface area contributed by atoms with Crippen LogP contribution in [0.25, 0.3) is 0 Å². The summed E-state index contributed by atoms with van der Waals surface area (Å²) in [7, 11) is 0. The molecular weight excluding hydrogens is 532 g/mol. The second-order valence-electron chi connectivity index (χ2n) is 10.8. The molecule has 0 aliphatic heterocycles. The van der Waals surface area contributed by atoms with Crippen LogP contribution in [0.1, 0.15) is 80.1 Å². The molecule has 1 atom stereocenters. The summed E-state index contributed by atoms with van der Waals surface area (Å²) < 4.78 is 13.2. The Morgan fingerprint density at radius 2 is 1.92 bits per heavy atom. The number of nitrogens with one attached hydrogen (secondary N) is 1. The summed E-state index contributed by atoms with van der Waals surface area (Å²) in [5.74, 6) is 1.62. The Morgan fingerprint density at radius 1 is 1.18 bits per heavy atom. The van der Waals surface area contributed by atoms with Gasteiger partial charge in [-0.05, 0) is 67.7 Å². The topological polar surface area (TPSA) is 95.3 Å². The molecule has 1 aliphatic carbocycles. The van der Waals surface area contributed by atoms with Crippen LogP contribution in [0.5, 0.6) is 5.75 Å². The Morgan fingerprint density at radius 3 is 2.59 bits per heavy atom. The average Bonchev–Trinajstić information content (AvgIpc) is 3.45. The number of carbonyl (C=O) groups excluding carboxylic acids is 2. The van der Waals surface area contributed by atoms with Crippen molar-refractivity contribution < 1.29 is 19.1 Å². The van der Waals surface area contributed by atoms with Crippen LogP contribution in [0.3, 0.4) is 0 Å². The summed E-state index contributed by atoms with van der Waals surface area (Å²) in [6, 6.07) is 8.11. The number of carbonyl (C=O) groups is 2. The molecule has 1 aromatic carbocycles. The highest BCUT2D eigenvalue weighted by Gasteiger charge is 2.29. The third-order valence-corrected chi connectivity index (χ3v) is 8.91. The van der Waals surface area contributed by atoms with Crippen LogP contribution >= 0.6 is 23.1 Å². The molecule has 1 amide bonds. The molecule has 10 heteroatoms. The van der Waals surface area contributed by atoms with Crippen LogP contribution < -0.4 is 10.1 Å². The van der Waals surface area contributed by atoms with Crippen molar-refractivity contribution in [3.63, 3.8) is 0 Å². The normalized spacial score (nSPS) is 15.1. The number of thiophene rings is 1. The number of ether oxygens (including phenoxy) is 2. The molecule has 2 heterocycles. The van der Waals surface area contributed by atoms with E-state index in [9.17, 15) is 9.59 Å². The van der Waals surface area contributed by atoms with E-state index in [-0.39, 0.29) is 29.7 Å². The number of anilines is 1. The molecule has 39 heavy (non-hydrogen) atoms. The van der Waals surface area contributed by atoms with E-state index in [0.29, 0.717) is 40.6 Å². The van der Waals surface area contributed by atoms with Crippen molar-refractivity contribution in [3.05, 3.63) is 51.7 Å². The molecule has 0 fully saturated rings. The molecule has 1 unspecified atom stereocenters. The minimum absolute atomic E-state index is 0.0845. The summed E-state index contributed by atoms with van der Waals surface area (Å²) in [5.41, 5.74) is 2.88. The first-order valence-corrected chi connectivity index (χ1v) is 15.3. The van der Waals surface area contributed by atoms with Gasteiger partial charge in [0.05, 0.1) is 17.9 Å². The van der Waals surface area contributed by atoms with Gasteiger partial charge in [-0.15, -0.1) is 21.5 Å². The first kappa shape index (κ1) is 29.1. The number of hydrogen-bond donors (Lipinski definition) is 1. The zero-order valence-corrected chi connectivity index (χ0v) is 25.3. The van der Waals surface area contributed by atoms with Gasteiger partial charge in [-0.25, -0.2) is 4.79 Å². The Kier molecular flexibility index (Phi) is 9.38. The first-order chi connectivity index (χ1) is 18.6. The maximum Gasteiger partial charge on any atom is 0.341 e. The van der Waals surface area contributed by atoms with Crippen LogP contribution in [0.15, 0.2) is 29.4 Å². The smallest absolute Gasteiger partial charge is 0.341 e. The summed E-state index contributed by atoms with van der Waals surface area (Å²) in [5, 5.41) is 12.8. The van der Waals surface area contributed by atoms with Gasteiger partial charge < -0.3 is 19.4 Å². The lowest BCUT2D eigenvalue weighted by Gasteiger charge is -2.19. The van der Waals surface area contributed by atoms with Gasteiger partial charge in [0.2, 0.25) is 5.91 Å². The third-order valence-electron chi connectivity index (χ3n) is 6.77. The van der Waals surface area contributed by atoms with Gasteiger partial charge in [0, 0.05) is 11.4 Å². The predicted octanol–water partition coefficient (Wildman–Crippen LogP) is 6.27. The van der Waals surface area contributed by atoms with Crippen LogP contribution in [0, 0.1) is 5.92 Å². The largest absolute Gasteiger partial charge is 0.486 e. The summed E-state index contributed by atoms with van der Waals surface area (Å²) in [4.78, 5) is 26.9. The molecule has 2 aromatic heterocycles. The number of rotatable bonds is 10. The van der Waals surface area contributed by atoms with E-state index in [1.807, 2.05) is 23.6 Å². The number of nitrogens with zero attached hydrogens (tertiary/aromatic N) is 3. The van der Waals surface area contributed by atoms with Gasteiger partial charge in [-0.3, -0.25) is 4.79 Å². The van der Waals surface area contributed by atoms with Crippen molar-refractivity contribution in [2.45, 2.75) is 84.5 Å². The number of benzene rings is 1. The van der Waals surface area contributed by atoms with E-state index in [1.165, 1.54) is 33.5 Å². The lowest BCUT2D eigenvalue weighted by atomic mass is 9.87. The molecule has 210 valence electrons. The summed E-state index contributed by atoms with van der Waals surface area (Å²) >= 11 is 2.81. The zero-order chi connectivity index (χ0) is 28.2. The fourth-order valence-electron chi connectivity index (χ4n) is 4.60. The second-order valence-corrected chi connectivity index (χ2v) is 12.9. The molecule has 8 nitrogen and oxygen atoms in total. The Bertz CT molecular complexity index is 1310. The van der Waals surface area contributed by atoms with Crippen molar-refractivity contribution in [2.24, 2.45) is 5.92 Å². The van der Waals surface area contributed by atoms with Gasteiger partial charge >= 0.3 is 5.97 Å². The first-order valence-electron chi connectivity index (χ1n) is 13.5. The number of fused-ring (bicyclic) bond motifs is 1. The SMILES string of the molecule is CCOC(=O)c1c(NC(=O)CSc2nnc(COc3ccc(C(C)(C)C)cc3)n2CC)sc2c1CCC(C)C2. The minimum atomic E-state index is -0.365. The monoisotopic (exact) mass is 570 g/mol. The van der Waals surface area contributed by atoms with E-state index in [2.05, 4.69) is 55.3 Å². The highest BCUT2D eigenvalue weighted by atomic mass is 32.2. The Hall–Kier alpha value is -2.85. The van der Waals surface area contributed by atoms with Crippen molar-refractivity contribution in [1.82, 2.24) is 14.8 Å². The van der Waals surface area contributed by atoms with Gasteiger partial charge in [0.15, 0.2) is 11.0 Å². The van der Waals surface area contributed by atoms with Gasteiger partial charge in [-0.1, -0.05) is 51.6 Å². The minimum Gasteiger partial charge on any atom is -0.486 e. The van der Waals surface area contributed by atoms with E-state index in [1.54, 1.807) is 6.92 Å². The number of esters is 1. The van der Waals surface area contributed by atoms with Gasteiger partial charge in [-0.2, -0.15) is 0 Å². The number of thioether (sulfide) groups is 1. The molecule has 4 rings (SSSR count). The van der Waals surface area contributed by atoms with Crippen molar-refractivity contribution in [2.75, 3.05) is 17.7 Å². The van der Waals surface area contributed by atoms with Crippen LogP contribution in [-0.4, -0.2) is 39.0 Å². The molecule has 0 saturated heterocycles. The summed E-state index contributed by atoms with van der Waals surface area (Å²) in [6.45, 7) is 13.8. The number of aromatic nitrogens is 3. The van der Waals surface area contributed by atoms with Gasteiger partial charge in [0.1, 0.15) is 17.4 Å². The van der Waals surface area contributed by atoms with Gasteiger partial charge in [0.25, 0.3) is 0 Å². The van der Waals surface area contributed by atoms with Crippen molar-refractivity contribution >= 4 is 40.0 Å². The summed E-state index contributed by atoms with van der Waals surface area (Å²) in [6.07, 6.45) is 2.78. The maximum atomic E-state index is 13.0. The highest BCUT2D eigenvalue weighted by Crippen LogP contribution is 2.40. The van der Waals surface area contributed by atoms with Crippen LogP contribution in [0.4, 0.5) is 5.00 Å². The highest BCUT2D eigenvalue weighted by molar-refractivity contribution is 7.99. The molecule has 0 spiro atoms. The molecule has 1 aliphatic rings. The molecule has 3 aromatic rings. The lowest BCUT2D eigenvalue weighted by molar-refractivity contribution is -0.113. The molecule has 1 N–H and O–H groups in total. The fourth-order valence-corrected chi connectivity index (χ4v) is 6.84. The molecule has 0 saturated carbocycles. The van der Waals surface area contributed by atoms with Crippen molar-refractivity contribution in [1.29, 1.82) is 0 Å². The Balaban J connectivity index is 1.39. The lowest BCUT2D eigenvalue weighted by Crippen LogP contribution is -2.18. The quantitative estimate of drug-likeness (QED) is 0.227. The molecule has 0 radical (unpaired) electrons.